The van der Waals surface area contributed by atoms with Gasteiger partial charge in [-0.25, -0.2) is 4.98 Å². The van der Waals surface area contributed by atoms with E-state index in [-0.39, 0.29) is 6.61 Å². The van der Waals surface area contributed by atoms with Crippen molar-refractivity contribution >= 4 is 11.3 Å². The lowest BCUT2D eigenvalue weighted by Gasteiger charge is -2.01. The number of thiazole rings is 1. The van der Waals surface area contributed by atoms with Crippen molar-refractivity contribution in [2.75, 3.05) is 0 Å². The fourth-order valence-corrected chi connectivity index (χ4v) is 2.52. The lowest BCUT2D eigenvalue weighted by molar-refractivity contribution is 0.280. The Balaban J connectivity index is 2.28. The van der Waals surface area contributed by atoms with Gasteiger partial charge in [-0.1, -0.05) is 0 Å². The van der Waals surface area contributed by atoms with Crippen LogP contribution in [0, 0.1) is 20.8 Å². The molecule has 0 aromatic carbocycles. The highest BCUT2D eigenvalue weighted by Crippen LogP contribution is 2.17. The zero-order chi connectivity index (χ0) is 11.7. The van der Waals surface area contributed by atoms with Crippen LogP contribution in [-0.2, 0) is 13.2 Å². The van der Waals surface area contributed by atoms with Gasteiger partial charge in [0.05, 0.1) is 23.9 Å². The van der Waals surface area contributed by atoms with Crippen LogP contribution in [0.25, 0.3) is 0 Å². The second-order valence-corrected chi connectivity index (χ2v) is 5.13. The van der Waals surface area contributed by atoms with Crippen LogP contribution in [-0.4, -0.2) is 19.9 Å². The van der Waals surface area contributed by atoms with Gasteiger partial charge in [-0.05, 0) is 20.8 Å². The minimum absolute atomic E-state index is 0.0549. The predicted octanol–water partition coefficient (Wildman–Crippen LogP) is 1.81. The average molecular weight is 237 g/mol. The van der Waals surface area contributed by atoms with Gasteiger partial charge in [0.25, 0.3) is 0 Å². The lowest BCUT2D eigenvalue weighted by Crippen LogP contribution is -2.02. The van der Waals surface area contributed by atoms with Crippen LogP contribution in [0.15, 0.2) is 6.20 Å². The molecule has 0 aliphatic rings. The molecule has 0 unspecified atom stereocenters. The van der Waals surface area contributed by atoms with E-state index in [1.165, 1.54) is 4.88 Å². The van der Waals surface area contributed by atoms with Gasteiger partial charge in [0.15, 0.2) is 0 Å². The Kier molecular flexibility index (Phi) is 3.07. The fraction of sp³-hybridized carbons (Fsp3) is 0.455. The van der Waals surface area contributed by atoms with Gasteiger partial charge in [0.2, 0.25) is 0 Å². The minimum Gasteiger partial charge on any atom is -0.392 e. The quantitative estimate of drug-likeness (QED) is 0.885. The van der Waals surface area contributed by atoms with Crippen LogP contribution in [0.2, 0.25) is 0 Å². The first-order chi connectivity index (χ1) is 7.61. The maximum Gasteiger partial charge on any atom is 0.0897 e. The summed E-state index contributed by atoms with van der Waals surface area (Å²) in [6.45, 7) is 6.69. The predicted molar refractivity (Wildman–Crippen MR) is 63.6 cm³/mol. The van der Waals surface area contributed by atoms with Crippen LogP contribution in [0.4, 0.5) is 0 Å². The standard InChI is InChI=1S/C11H15N3OS/c1-7-11(6-15)8(2)14(13-7)5-10-4-12-9(3)16-10/h4,15H,5-6H2,1-3H3. The van der Waals surface area contributed by atoms with E-state index in [1.54, 1.807) is 11.3 Å². The van der Waals surface area contributed by atoms with Crippen molar-refractivity contribution in [3.05, 3.63) is 33.0 Å². The highest BCUT2D eigenvalue weighted by molar-refractivity contribution is 7.11. The molecule has 0 atom stereocenters. The highest BCUT2D eigenvalue weighted by atomic mass is 32.1. The van der Waals surface area contributed by atoms with Crippen molar-refractivity contribution in [3.63, 3.8) is 0 Å². The number of aromatic nitrogens is 3. The second-order valence-electron chi connectivity index (χ2n) is 3.81. The molecule has 2 rings (SSSR count). The molecule has 0 saturated carbocycles. The lowest BCUT2D eigenvalue weighted by atomic mass is 10.2. The van der Waals surface area contributed by atoms with Crippen LogP contribution in [0.1, 0.15) is 26.8 Å². The molecule has 0 aliphatic carbocycles. The molecule has 0 aliphatic heterocycles. The first-order valence-electron chi connectivity index (χ1n) is 5.17. The molecule has 2 aromatic heterocycles. The molecular formula is C11H15N3OS. The summed E-state index contributed by atoms with van der Waals surface area (Å²) in [6, 6.07) is 0. The highest BCUT2D eigenvalue weighted by Gasteiger charge is 2.11. The molecule has 1 N–H and O–H groups in total. The molecule has 0 radical (unpaired) electrons. The molecule has 0 amide bonds. The monoisotopic (exact) mass is 237 g/mol. The van der Waals surface area contributed by atoms with E-state index in [2.05, 4.69) is 10.1 Å². The molecule has 0 bridgehead atoms. The summed E-state index contributed by atoms with van der Waals surface area (Å²) in [6.07, 6.45) is 1.88. The Morgan fingerprint density at radius 1 is 1.38 bits per heavy atom. The van der Waals surface area contributed by atoms with Gasteiger partial charge in [-0.15, -0.1) is 11.3 Å². The van der Waals surface area contributed by atoms with E-state index in [9.17, 15) is 5.11 Å². The third kappa shape index (κ3) is 2.01. The third-order valence-corrected chi connectivity index (χ3v) is 3.56. The van der Waals surface area contributed by atoms with Crippen molar-refractivity contribution in [3.8, 4) is 0 Å². The molecular weight excluding hydrogens is 222 g/mol. The smallest absolute Gasteiger partial charge is 0.0897 e. The summed E-state index contributed by atoms with van der Waals surface area (Å²) in [4.78, 5) is 5.41. The molecule has 86 valence electrons. The molecule has 0 saturated heterocycles. The van der Waals surface area contributed by atoms with Crippen molar-refractivity contribution < 1.29 is 5.11 Å². The van der Waals surface area contributed by atoms with Crippen molar-refractivity contribution in [2.45, 2.75) is 33.9 Å². The second kappa shape index (κ2) is 4.35. The molecule has 4 nitrogen and oxygen atoms in total. The van der Waals surface area contributed by atoms with Crippen molar-refractivity contribution in [1.29, 1.82) is 0 Å². The number of aliphatic hydroxyl groups excluding tert-OH is 1. The van der Waals surface area contributed by atoms with Crippen molar-refractivity contribution in [2.24, 2.45) is 0 Å². The number of aliphatic hydroxyl groups is 1. The summed E-state index contributed by atoms with van der Waals surface area (Å²) in [5.41, 5.74) is 2.87. The summed E-state index contributed by atoms with van der Waals surface area (Å²) in [5.74, 6) is 0. The number of rotatable bonds is 3. The van der Waals surface area contributed by atoms with Gasteiger partial charge >= 0.3 is 0 Å². The largest absolute Gasteiger partial charge is 0.392 e. The van der Waals surface area contributed by atoms with E-state index in [4.69, 9.17) is 0 Å². The van der Waals surface area contributed by atoms with E-state index in [1.807, 2.05) is 31.6 Å². The maximum absolute atomic E-state index is 9.22. The number of nitrogens with zero attached hydrogens (tertiary/aromatic N) is 3. The number of aryl methyl sites for hydroxylation is 2. The normalized spacial score (nSPS) is 11.0. The molecule has 16 heavy (non-hydrogen) atoms. The van der Waals surface area contributed by atoms with E-state index < -0.39 is 0 Å². The molecule has 5 heteroatoms. The summed E-state index contributed by atoms with van der Waals surface area (Å²) in [5, 5.41) is 14.7. The minimum atomic E-state index is 0.0549. The van der Waals surface area contributed by atoms with Gasteiger partial charge in [-0.2, -0.15) is 5.10 Å². The summed E-state index contributed by atoms with van der Waals surface area (Å²) < 4.78 is 1.92. The Hall–Kier alpha value is -1.20. The zero-order valence-corrected chi connectivity index (χ0v) is 10.5. The first-order valence-corrected chi connectivity index (χ1v) is 5.98. The molecule has 0 spiro atoms. The molecule has 2 aromatic rings. The van der Waals surface area contributed by atoms with Crippen LogP contribution < -0.4 is 0 Å². The van der Waals surface area contributed by atoms with E-state index in [0.717, 1.165) is 28.5 Å². The van der Waals surface area contributed by atoms with Gasteiger partial charge in [0, 0.05) is 22.3 Å². The van der Waals surface area contributed by atoms with E-state index >= 15 is 0 Å². The Morgan fingerprint density at radius 3 is 2.62 bits per heavy atom. The summed E-state index contributed by atoms with van der Waals surface area (Å²) in [7, 11) is 0. The SMILES string of the molecule is Cc1ncc(Cn2nc(C)c(CO)c2C)s1. The number of hydrogen-bond acceptors (Lipinski definition) is 4. The third-order valence-electron chi connectivity index (χ3n) is 2.66. The average Bonchev–Trinajstić information content (AvgIpc) is 2.74. The van der Waals surface area contributed by atoms with Gasteiger partial charge in [-0.3, -0.25) is 4.68 Å². The molecule has 2 heterocycles. The van der Waals surface area contributed by atoms with Gasteiger partial charge in [0.1, 0.15) is 0 Å². The topological polar surface area (TPSA) is 50.9 Å². The van der Waals surface area contributed by atoms with Crippen LogP contribution >= 0.6 is 11.3 Å². The van der Waals surface area contributed by atoms with Gasteiger partial charge < -0.3 is 5.11 Å². The summed E-state index contributed by atoms with van der Waals surface area (Å²) >= 11 is 1.68. The fourth-order valence-electron chi connectivity index (χ4n) is 1.74. The van der Waals surface area contributed by atoms with Crippen LogP contribution in [0.5, 0.6) is 0 Å². The Bertz CT molecular complexity index is 501. The maximum atomic E-state index is 9.22. The van der Waals surface area contributed by atoms with E-state index in [0.29, 0.717) is 0 Å². The van der Waals surface area contributed by atoms with Crippen LogP contribution in [0.3, 0.4) is 0 Å². The first kappa shape index (κ1) is 11.3. The number of hydrogen-bond donors (Lipinski definition) is 1. The Labute approximate surface area is 98.6 Å². The Morgan fingerprint density at radius 2 is 2.12 bits per heavy atom. The molecule has 0 fully saturated rings. The van der Waals surface area contributed by atoms with Crippen molar-refractivity contribution in [1.82, 2.24) is 14.8 Å². The zero-order valence-electron chi connectivity index (χ0n) is 9.69.